The number of nitrogens with one attached hydrogen (secondary N) is 2. The molecule has 0 radical (unpaired) electrons. The second-order valence-corrected chi connectivity index (χ2v) is 5.15. The average Bonchev–Trinajstić information content (AvgIpc) is 2.93. The van der Waals surface area contributed by atoms with Crippen molar-refractivity contribution in [3.05, 3.63) is 0 Å². The zero-order valence-electron chi connectivity index (χ0n) is 11.7. The van der Waals surface area contributed by atoms with Gasteiger partial charge in [-0.15, -0.1) is 0 Å². The highest BCUT2D eigenvalue weighted by Gasteiger charge is 2.28. The zero-order chi connectivity index (χ0) is 13.5. The first-order valence-electron chi connectivity index (χ1n) is 7.13. The molecular weight excluding hydrogens is 246 g/mol. The molecule has 0 aromatic carbocycles. The lowest BCUT2D eigenvalue weighted by Crippen LogP contribution is -2.42. The molecule has 6 nitrogen and oxygen atoms in total. The first-order chi connectivity index (χ1) is 9.29. The van der Waals surface area contributed by atoms with Crippen molar-refractivity contribution in [2.45, 2.75) is 25.0 Å². The second kappa shape index (κ2) is 7.79. The van der Waals surface area contributed by atoms with Gasteiger partial charge in [-0.2, -0.15) is 0 Å². The fourth-order valence-electron chi connectivity index (χ4n) is 2.54. The number of morpholine rings is 1. The van der Waals surface area contributed by atoms with Gasteiger partial charge in [0.1, 0.15) is 0 Å². The van der Waals surface area contributed by atoms with E-state index in [-0.39, 0.29) is 18.1 Å². The van der Waals surface area contributed by atoms with Crippen LogP contribution in [0, 0.1) is 0 Å². The Kier molecular flexibility index (Phi) is 6.03. The van der Waals surface area contributed by atoms with Crippen LogP contribution < -0.4 is 10.6 Å². The van der Waals surface area contributed by atoms with Gasteiger partial charge in [0.05, 0.1) is 25.4 Å². The summed E-state index contributed by atoms with van der Waals surface area (Å²) in [6.45, 7) is 6.21. The summed E-state index contributed by atoms with van der Waals surface area (Å²) in [4.78, 5) is 14.3. The molecule has 2 rings (SSSR count). The van der Waals surface area contributed by atoms with E-state index in [9.17, 15) is 4.79 Å². The van der Waals surface area contributed by atoms with Gasteiger partial charge in [-0.1, -0.05) is 0 Å². The van der Waals surface area contributed by atoms with Crippen molar-refractivity contribution in [1.29, 1.82) is 0 Å². The number of amides is 1. The van der Waals surface area contributed by atoms with Gasteiger partial charge in [0.25, 0.3) is 0 Å². The molecule has 110 valence electrons. The fourth-order valence-corrected chi connectivity index (χ4v) is 2.54. The minimum Gasteiger partial charge on any atom is -0.380 e. The highest BCUT2D eigenvalue weighted by Crippen LogP contribution is 2.09. The standard InChI is InChI=1S/C13H25N3O3/c1-18-11-9-12(15-10-11)13(17)14-3-2-4-16-5-7-19-8-6-16/h11-12,15H,2-10H2,1H3,(H,14,17). The molecule has 0 aliphatic carbocycles. The van der Waals surface area contributed by atoms with Crippen molar-refractivity contribution in [1.82, 2.24) is 15.5 Å². The summed E-state index contributed by atoms with van der Waals surface area (Å²) in [5, 5.41) is 6.18. The van der Waals surface area contributed by atoms with E-state index >= 15 is 0 Å². The molecule has 2 saturated heterocycles. The van der Waals surface area contributed by atoms with Crippen molar-refractivity contribution in [2.75, 3.05) is 53.0 Å². The van der Waals surface area contributed by atoms with E-state index in [2.05, 4.69) is 15.5 Å². The largest absolute Gasteiger partial charge is 0.380 e. The van der Waals surface area contributed by atoms with Crippen LogP contribution in [0.1, 0.15) is 12.8 Å². The van der Waals surface area contributed by atoms with E-state index in [1.165, 1.54) is 0 Å². The van der Waals surface area contributed by atoms with Crippen LogP contribution in [0.3, 0.4) is 0 Å². The van der Waals surface area contributed by atoms with E-state index in [0.29, 0.717) is 0 Å². The van der Waals surface area contributed by atoms with Crippen LogP contribution in [0.5, 0.6) is 0 Å². The predicted molar refractivity (Wildman–Crippen MR) is 72.1 cm³/mol. The van der Waals surface area contributed by atoms with Gasteiger partial charge in [0.2, 0.25) is 5.91 Å². The summed E-state index contributed by atoms with van der Waals surface area (Å²) in [7, 11) is 1.69. The molecule has 1 amide bonds. The Hall–Kier alpha value is -0.690. The maximum absolute atomic E-state index is 11.9. The smallest absolute Gasteiger partial charge is 0.237 e. The van der Waals surface area contributed by atoms with Crippen molar-refractivity contribution in [3.63, 3.8) is 0 Å². The molecule has 2 fully saturated rings. The van der Waals surface area contributed by atoms with E-state index in [0.717, 1.165) is 58.8 Å². The fraction of sp³-hybridized carbons (Fsp3) is 0.923. The summed E-state index contributed by atoms with van der Waals surface area (Å²) in [6.07, 6.45) is 1.93. The van der Waals surface area contributed by atoms with Gasteiger partial charge in [-0.25, -0.2) is 0 Å². The number of hydrogen-bond donors (Lipinski definition) is 2. The van der Waals surface area contributed by atoms with Gasteiger partial charge in [0.15, 0.2) is 0 Å². The van der Waals surface area contributed by atoms with Gasteiger partial charge in [-0.3, -0.25) is 9.69 Å². The minimum absolute atomic E-state index is 0.0895. The minimum atomic E-state index is -0.0895. The van der Waals surface area contributed by atoms with Crippen LogP contribution >= 0.6 is 0 Å². The van der Waals surface area contributed by atoms with Crippen LogP contribution in [0.4, 0.5) is 0 Å². The average molecular weight is 271 g/mol. The van der Waals surface area contributed by atoms with Crippen LogP contribution in [0.2, 0.25) is 0 Å². The maximum Gasteiger partial charge on any atom is 0.237 e. The topological polar surface area (TPSA) is 62.8 Å². The number of carbonyl (C=O) groups excluding carboxylic acids is 1. The third-order valence-corrected chi connectivity index (χ3v) is 3.79. The molecule has 2 heterocycles. The zero-order valence-corrected chi connectivity index (χ0v) is 11.7. The first-order valence-corrected chi connectivity index (χ1v) is 7.13. The van der Waals surface area contributed by atoms with E-state index < -0.39 is 0 Å². The van der Waals surface area contributed by atoms with Gasteiger partial charge < -0.3 is 20.1 Å². The molecule has 2 aliphatic rings. The first kappa shape index (κ1) is 14.7. The van der Waals surface area contributed by atoms with Gasteiger partial charge in [-0.05, 0) is 19.4 Å². The Morgan fingerprint density at radius 1 is 1.47 bits per heavy atom. The summed E-state index contributed by atoms with van der Waals surface area (Å²) in [6, 6.07) is -0.0895. The van der Waals surface area contributed by atoms with Gasteiger partial charge >= 0.3 is 0 Å². The molecule has 0 aromatic rings. The van der Waals surface area contributed by atoms with Crippen molar-refractivity contribution in [2.24, 2.45) is 0 Å². The number of hydrogen-bond acceptors (Lipinski definition) is 5. The van der Waals surface area contributed by atoms with Crippen molar-refractivity contribution >= 4 is 5.91 Å². The lowest BCUT2D eigenvalue weighted by Gasteiger charge is -2.26. The SMILES string of the molecule is COC1CNC(C(=O)NCCCN2CCOCC2)C1. The highest BCUT2D eigenvalue weighted by atomic mass is 16.5. The molecule has 2 atom stereocenters. The Balaban J connectivity index is 1.54. The Labute approximate surface area is 114 Å². The molecule has 0 aromatic heterocycles. The van der Waals surface area contributed by atoms with Crippen LogP contribution in [-0.4, -0.2) is 76.0 Å². The molecular formula is C13H25N3O3. The monoisotopic (exact) mass is 271 g/mol. The van der Waals surface area contributed by atoms with Crippen LogP contribution in [0.15, 0.2) is 0 Å². The molecule has 0 saturated carbocycles. The predicted octanol–water partition coefficient (Wildman–Crippen LogP) is -0.798. The van der Waals surface area contributed by atoms with E-state index in [1.54, 1.807) is 7.11 Å². The van der Waals surface area contributed by atoms with E-state index in [1.807, 2.05) is 0 Å². The van der Waals surface area contributed by atoms with Crippen LogP contribution in [-0.2, 0) is 14.3 Å². The Bertz CT molecular complexity index is 282. The molecule has 0 spiro atoms. The molecule has 2 aliphatic heterocycles. The lowest BCUT2D eigenvalue weighted by molar-refractivity contribution is -0.123. The Morgan fingerprint density at radius 3 is 2.95 bits per heavy atom. The molecule has 2 N–H and O–H groups in total. The Morgan fingerprint density at radius 2 is 2.26 bits per heavy atom. The summed E-state index contributed by atoms with van der Waals surface area (Å²) in [5.41, 5.74) is 0. The number of nitrogens with zero attached hydrogens (tertiary/aromatic N) is 1. The van der Waals surface area contributed by atoms with Crippen LogP contribution in [0.25, 0.3) is 0 Å². The second-order valence-electron chi connectivity index (χ2n) is 5.15. The number of rotatable bonds is 6. The number of ether oxygens (including phenoxy) is 2. The molecule has 19 heavy (non-hydrogen) atoms. The summed E-state index contributed by atoms with van der Waals surface area (Å²) in [5.74, 6) is 0.0986. The van der Waals surface area contributed by atoms with Crippen molar-refractivity contribution < 1.29 is 14.3 Å². The summed E-state index contributed by atoms with van der Waals surface area (Å²) >= 11 is 0. The molecule has 6 heteroatoms. The third-order valence-electron chi connectivity index (χ3n) is 3.79. The third kappa shape index (κ3) is 4.72. The number of methoxy groups -OCH3 is 1. The van der Waals surface area contributed by atoms with Crippen molar-refractivity contribution in [3.8, 4) is 0 Å². The highest BCUT2D eigenvalue weighted by molar-refractivity contribution is 5.82. The molecule has 2 unspecified atom stereocenters. The number of carbonyl (C=O) groups is 1. The van der Waals surface area contributed by atoms with E-state index in [4.69, 9.17) is 9.47 Å². The maximum atomic E-state index is 11.9. The lowest BCUT2D eigenvalue weighted by atomic mass is 10.2. The quantitative estimate of drug-likeness (QED) is 0.620. The molecule has 0 bridgehead atoms. The van der Waals surface area contributed by atoms with Gasteiger partial charge in [0, 0.05) is 33.3 Å². The normalized spacial score (nSPS) is 28.5. The summed E-state index contributed by atoms with van der Waals surface area (Å²) < 4.78 is 10.5.